The molecule has 144 valence electrons. The van der Waals surface area contributed by atoms with Gasteiger partial charge in [-0.25, -0.2) is 0 Å². The van der Waals surface area contributed by atoms with Crippen LogP contribution in [-0.4, -0.2) is 53.7 Å². The van der Waals surface area contributed by atoms with Gasteiger partial charge in [-0.1, -0.05) is 51.5 Å². The van der Waals surface area contributed by atoms with Crippen molar-refractivity contribution in [3.63, 3.8) is 0 Å². The van der Waals surface area contributed by atoms with Gasteiger partial charge in [-0.15, -0.1) is 0 Å². The Bertz CT molecular complexity index is 583. The van der Waals surface area contributed by atoms with E-state index < -0.39 is 0 Å². The summed E-state index contributed by atoms with van der Waals surface area (Å²) in [4.78, 5) is 28.6. The molecule has 0 atom stereocenters. The first-order valence-corrected chi connectivity index (χ1v) is 9.85. The molecule has 4 nitrogen and oxygen atoms in total. The predicted octanol–water partition coefficient (Wildman–Crippen LogP) is 3.96. The summed E-state index contributed by atoms with van der Waals surface area (Å²) >= 11 is 0. The number of hydrogen-bond acceptors (Lipinski definition) is 3. The normalized spacial score (nSPS) is 15.1. The summed E-state index contributed by atoms with van der Waals surface area (Å²) < 4.78 is 0. The number of nitrogens with zero attached hydrogens (tertiary/aromatic N) is 2. The molecule has 0 bridgehead atoms. The van der Waals surface area contributed by atoms with Gasteiger partial charge in [-0.3, -0.25) is 14.5 Å². The Morgan fingerprint density at radius 3 is 2.08 bits per heavy atom. The molecule has 0 saturated carbocycles. The summed E-state index contributed by atoms with van der Waals surface area (Å²) in [5, 5.41) is 0. The van der Waals surface area contributed by atoms with Crippen LogP contribution in [0.15, 0.2) is 36.4 Å². The van der Waals surface area contributed by atoms with E-state index in [4.69, 9.17) is 0 Å². The Morgan fingerprint density at radius 2 is 1.58 bits per heavy atom. The zero-order valence-electron chi connectivity index (χ0n) is 17.0. The van der Waals surface area contributed by atoms with Crippen molar-refractivity contribution >= 4 is 11.7 Å². The molecule has 1 aromatic rings. The van der Waals surface area contributed by atoms with Crippen molar-refractivity contribution in [2.24, 2.45) is 0 Å². The molecule has 1 amide bonds. The van der Waals surface area contributed by atoms with Crippen molar-refractivity contribution in [1.29, 1.82) is 0 Å². The largest absolute Gasteiger partial charge is 0.337 e. The summed E-state index contributed by atoms with van der Waals surface area (Å²) in [6.45, 7) is 13.7. The van der Waals surface area contributed by atoms with Gasteiger partial charge in [0.2, 0.25) is 5.91 Å². The van der Waals surface area contributed by atoms with Crippen molar-refractivity contribution in [3.05, 3.63) is 47.5 Å². The zero-order chi connectivity index (χ0) is 19.5. The summed E-state index contributed by atoms with van der Waals surface area (Å²) in [5.74, 6) is -0.193. The number of amides is 1. The van der Waals surface area contributed by atoms with Crippen LogP contribution in [-0.2, 0) is 11.2 Å². The Balaban J connectivity index is 0.00000163. The van der Waals surface area contributed by atoms with Gasteiger partial charge in [0.25, 0.3) is 0 Å². The first kappa shape index (κ1) is 22.1. The molecule has 1 aromatic carbocycles. The highest BCUT2D eigenvalue weighted by Gasteiger charge is 2.21. The van der Waals surface area contributed by atoms with E-state index in [0.717, 1.165) is 39.0 Å². The van der Waals surface area contributed by atoms with Gasteiger partial charge in [0.05, 0.1) is 0 Å². The van der Waals surface area contributed by atoms with Crippen LogP contribution in [0.1, 0.15) is 57.0 Å². The highest BCUT2D eigenvalue weighted by atomic mass is 16.2. The minimum atomic E-state index is -0.118. The van der Waals surface area contributed by atoms with Crippen molar-refractivity contribution < 1.29 is 9.59 Å². The third kappa shape index (κ3) is 6.75. The van der Waals surface area contributed by atoms with Crippen molar-refractivity contribution in [2.45, 2.75) is 53.5 Å². The van der Waals surface area contributed by atoms with E-state index in [2.05, 4.69) is 25.7 Å². The van der Waals surface area contributed by atoms with Crippen LogP contribution in [0.3, 0.4) is 0 Å². The monoisotopic (exact) mass is 358 g/mol. The number of hydrogen-bond donors (Lipinski definition) is 0. The maximum atomic E-state index is 12.2. The van der Waals surface area contributed by atoms with Gasteiger partial charge >= 0.3 is 0 Å². The van der Waals surface area contributed by atoms with Crippen LogP contribution in [0.5, 0.6) is 0 Å². The number of carbonyl (C=O) groups is 2. The summed E-state index contributed by atoms with van der Waals surface area (Å²) in [6, 6.07) is 8.15. The van der Waals surface area contributed by atoms with Crippen molar-refractivity contribution in [3.8, 4) is 0 Å². The van der Waals surface area contributed by atoms with Crippen molar-refractivity contribution in [2.75, 3.05) is 26.2 Å². The van der Waals surface area contributed by atoms with Crippen LogP contribution in [0.4, 0.5) is 0 Å². The molecule has 1 aliphatic heterocycles. The van der Waals surface area contributed by atoms with Gasteiger partial charge in [0.15, 0.2) is 5.78 Å². The molecule has 1 heterocycles. The average molecular weight is 359 g/mol. The molecule has 4 heteroatoms. The fourth-order valence-electron chi connectivity index (χ4n) is 2.93. The van der Waals surface area contributed by atoms with Gasteiger partial charge in [0.1, 0.15) is 0 Å². The molecule has 0 spiro atoms. The minimum absolute atomic E-state index is 0.0747. The van der Waals surface area contributed by atoms with Crippen LogP contribution in [0, 0.1) is 0 Å². The Morgan fingerprint density at radius 1 is 1.00 bits per heavy atom. The number of allylic oxidation sites excluding steroid dienone is 1. The van der Waals surface area contributed by atoms with Crippen LogP contribution < -0.4 is 0 Å². The fraction of sp³-hybridized carbons (Fsp3) is 0.545. The summed E-state index contributed by atoms with van der Waals surface area (Å²) in [7, 11) is 0. The molecule has 1 saturated heterocycles. The lowest BCUT2D eigenvalue weighted by Crippen LogP contribution is -2.50. The quantitative estimate of drug-likeness (QED) is 0.571. The predicted molar refractivity (Wildman–Crippen MR) is 109 cm³/mol. The molecule has 0 aromatic heterocycles. The molecule has 1 fully saturated rings. The number of carbonyl (C=O) groups excluding carboxylic acids is 2. The molecule has 0 aliphatic carbocycles. The summed E-state index contributed by atoms with van der Waals surface area (Å²) in [5.41, 5.74) is 1.86. The summed E-state index contributed by atoms with van der Waals surface area (Å²) in [6.07, 6.45) is 4.91. The fourth-order valence-corrected chi connectivity index (χ4v) is 2.93. The zero-order valence-corrected chi connectivity index (χ0v) is 17.0. The van der Waals surface area contributed by atoms with Crippen LogP contribution >= 0.6 is 0 Å². The maximum absolute atomic E-state index is 12.2. The number of benzene rings is 1. The van der Waals surface area contributed by atoms with Gasteiger partial charge < -0.3 is 4.90 Å². The standard InChI is InChI=1S/C20H28N2O2.C2H6/c1-4-5-17-6-8-18(9-7-17)19(23)10-11-20(24)22-14-12-21(13-15-22)16(2)3;1-2/h6-11,16H,4-5,12-15H2,1-3H3;1-2H3/b11-10+;. The van der Waals surface area contributed by atoms with Crippen LogP contribution in [0.25, 0.3) is 0 Å². The third-order valence-electron chi connectivity index (χ3n) is 4.51. The van der Waals surface area contributed by atoms with E-state index in [1.54, 1.807) is 0 Å². The highest BCUT2D eigenvalue weighted by molar-refractivity contribution is 6.07. The van der Waals surface area contributed by atoms with E-state index in [9.17, 15) is 9.59 Å². The van der Waals surface area contributed by atoms with Crippen molar-refractivity contribution in [1.82, 2.24) is 9.80 Å². The Hall–Kier alpha value is -1.94. The topological polar surface area (TPSA) is 40.6 Å². The van der Waals surface area contributed by atoms with Gasteiger partial charge in [-0.2, -0.15) is 0 Å². The number of rotatable bonds is 6. The van der Waals surface area contributed by atoms with E-state index in [0.29, 0.717) is 11.6 Å². The SMILES string of the molecule is CC.CCCc1ccc(C(=O)/C=C/C(=O)N2CCN(C(C)C)CC2)cc1. The lowest BCUT2D eigenvalue weighted by atomic mass is 10.1. The highest BCUT2D eigenvalue weighted by Crippen LogP contribution is 2.09. The first-order chi connectivity index (χ1) is 12.5. The van der Waals surface area contributed by atoms with Gasteiger partial charge in [-0.05, 0) is 31.9 Å². The number of piperazine rings is 1. The lowest BCUT2D eigenvalue weighted by Gasteiger charge is -2.36. The average Bonchev–Trinajstić information content (AvgIpc) is 2.68. The van der Waals surface area contributed by atoms with E-state index in [-0.39, 0.29) is 11.7 Å². The molecular formula is C22H34N2O2. The lowest BCUT2D eigenvalue weighted by molar-refractivity contribution is -0.128. The van der Waals surface area contributed by atoms with Gasteiger partial charge in [0, 0.05) is 43.9 Å². The molecule has 26 heavy (non-hydrogen) atoms. The molecule has 0 radical (unpaired) electrons. The minimum Gasteiger partial charge on any atom is -0.337 e. The third-order valence-corrected chi connectivity index (χ3v) is 4.51. The second-order valence-electron chi connectivity index (χ2n) is 6.60. The van der Waals surface area contributed by atoms with Crippen LogP contribution in [0.2, 0.25) is 0 Å². The number of ketones is 1. The Kier molecular flexibility index (Phi) is 9.89. The van der Waals surface area contributed by atoms with E-state index in [1.807, 2.05) is 43.0 Å². The molecular weight excluding hydrogens is 324 g/mol. The molecule has 0 unspecified atom stereocenters. The molecule has 2 rings (SSSR count). The molecule has 1 aliphatic rings. The Labute approximate surface area is 158 Å². The van der Waals surface area contributed by atoms with E-state index in [1.165, 1.54) is 17.7 Å². The smallest absolute Gasteiger partial charge is 0.246 e. The molecule has 0 N–H and O–H groups in total. The maximum Gasteiger partial charge on any atom is 0.246 e. The second kappa shape index (κ2) is 11.6. The second-order valence-corrected chi connectivity index (χ2v) is 6.60. The number of aryl methyl sites for hydroxylation is 1. The van der Waals surface area contributed by atoms with E-state index >= 15 is 0 Å². The first-order valence-electron chi connectivity index (χ1n) is 9.85.